The van der Waals surface area contributed by atoms with Crippen LogP contribution in [0.1, 0.15) is 35.4 Å². The van der Waals surface area contributed by atoms with E-state index in [0.29, 0.717) is 0 Å². The van der Waals surface area contributed by atoms with Crippen molar-refractivity contribution in [2.24, 2.45) is 4.99 Å². The van der Waals surface area contributed by atoms with E-state index in [9.17, 15) is 14.7 Å². The van der Waals surface area contributed by atoms with Crippen molar-refractivity contribution in [1.82, 2.24) is 0 Å². The zero-order valence-electron chi connectivity index (χ0n) is 17.6. The molecule has 2 aromatic rings. The van der Waals surface area contributed by atoms with Crippen molar-refractivity contribution >= 4 is 35.4 Å². The summed E-state index contributed by atoms with van der Waals surface area (Å²) in [6.45, 7) is 7.82. The number of carboxylic acids is 1. The van der Waals surface area contributed by atoms with Crippen LogP contribution in [0.2, 0.25) is 0 Å². The third-order valence-electron chi connectivity index (χ3n) is 5.73. The van der Waals surface area contributed by atoms with Crippen LogP contribution in [0.15, 0.2) is 90.0 Å². The van der Waals surface area contributed by atoms with Crippen molar-refractivity contribution in [3.8, 4) is 0 Å². The molecular formula is C27H24N2O3. The minimum absolute atomic E-state index is 0.00134. The van der Waals surface area contributed by atoms with Gasteiger partial charge in [0.05, 0.1) is 11.9 Å². The number of anilines is 1. The van der Waals surface area contributed by atoms with Crippen LogP contribution in [0.25, 0.3) is 11.6 Å². The van der Waals surface area contributed by atoms with Crippen LogP contribution in [0.4, 0.5) is 5.69 Å². The maximum atomic E-state index is 12.8. The highest BCUT2D eigenvalue weighted by molar-refractivity contribution is 6.02. The van der Waals surface area contributed by atoms with Crippen LogP contribution < -0.4 is 5.32 Å². The van der Waals surface area contributed by atoms with Crippen molar-refractivity contribution in [3.63, 3.8) is 0 Å². The van der Waals surface area contributed by atoms with Crippen LogP contribution in [0.5, 0.6) is 0 Å². The quantitative estimate of drug-likeness (QED) is 0.448. The molecule has 2 aliphatic rings. The number of carbonyl (C=O) groups excluding carboxylic acids is 1. The number of hydrogen-bond acceptors (Lipinski definition) is 3. The van der Waals surface area contributed by atoms with E-state index in [1.807, 2.05) is 48.5 Å². The van der Waals surface area contributed by atoms with Crippen molar-refractivity contribution in [3.05, 3.63) is 102 Å². The molecule has 4 rings (SSSR count). The molecule has 2 atom stereocenters. The maximum Gasteiger partial charge on any atom is 0.333 e. The Balaban J connectivity index is 1.47. The summed E-state index contributed by atoms with van der Waals surface area (Å²) in [5.74, 6) is -1.63. The van der Waals surface area contributed by atoms with Gasteiger partial charge in [-0.15, -0.1) is 0 Å². The number of aliphatic imine (C=N–C) groups is 1. The fourth-order valence-electron chi connectivity index (χ4n) is 3.75. The average Bonchev–Trinajstić information content (AvgIpc) is 3.65. The number of hydrogen-bond donors (Lipinski definition) is 2. The van der Waals surface area contributed by atoms with Crippen molar-refractivity contribution in [2.45, 2.75) is 24.8 Å². The lowest BCUT2D eigenvalue weighted by atomic mass is 9.82. The molecule has 0 saturated heterocycles. The lowest BCUT2D eigenvalue weighted by Crippen LogP contribution is -2.31. The summed E-state index contributed by atoms with van der Waals surface area (Å²) >= 11 is 0. The van der Waals surface area contributed by atoms with E-state index in [1.54, 1.807) is 12.2 Å². The van der Waals surface area contributed by atoms with Gasteiger partial charge in [0.1, 0.15) is 6.04 Å². The molecule has 0 aromatic heterocycles. The summed E-state index contributed by atoms with van der Waals surface area (Å²) < 4.78 is 0. The number of nitrogens with one attached hydrogen (secondary N) is 1. The van der Waals surface area contributed by atoms with Crippen molar-refractivity contribution in [1.29, 1.82) is 0 Å². The molecule has 0 amide bonds. The fraction of sp³-hybridized carbons (Fsp3) is 0.148. The first-order valence-corrected chi connectivity index (χ1v) is 10.4. The number of Topliss-reactive ketones (excluding diaryl/α,β-unsaturated/α-hetero) is 1. The zero-order chi connectivity index (χ0) is 22.7. The predicted molar refractivity (Wildman–Crippen MR) is 129 cm³/mol. The molecule has 0 fully saturated rings. The Morgan fingerprint density at radius 3 is 2.41 bits per heavy atom. The molecule has 0 radical (unpaired) electrons. The number of carbonyl (C=O) groups is 2. The maximum absolute atomic E-state index is 12.8. The molecule has 0 bridgehead atoms. The van der Waals surface area contributed by atoms with Crippen LogP contribution in [-0.4, -0.2) is 29.2 Å². The molecule has 160 valence electrons. The van der Waals surface area contributed by atoms with Gasteiger partial charge in [-0.1, -0.05) is 67.8 Å². The van der Waals surface area contributed by atoms with Gasteiger partial charge in [0.15, 0.2) is 5.78 Å². The van der Waals surface area contributed by atoms with Crippen LogP contribution >= 0.6 is 0 Å². The Bertz CT molecular complexity index is 1170. The van der Waals surface area contributed by atoms with Gasteiger partial charge in [0.25, 0.3) is 0 Å². The normalized spacial score (nSPS) is 19.8. The topological polar surface area (TPSA) is 78.8 Å². The second-order valence-electron chi connectivity index (χ2n) is 7.89. The Labute approximate surface area is 187 Å². The van der Waals surface area contributed by atoms with E-state index in [2.05, 4.69) is 29.5 Å². The lowest BCUT2D eigenvalue weighted by molar-refractivity contribution is -0.134. The molecule has 2 unspecified atom stereocenters. The summed E-state index contributed by atoms with van der Waals surface area (Å²) in [7, 11) is 0. The molecule has 32 heavy (non-hydrogen) atoms. The van der Waals surface area contributed by atoms with Crippen LogP contribution in [-0.2, 0) is 9.59 Å². The Morgan fingerprint density at radius 2 is 1.81 bits per heavy atom. The molecule has 0 aliphatic heterocycles. The number of rotatable bonds is 8. The SMILES string of the molecule is C=Cc1ccc(C2C=C(C(=O)O)C(N=CNc3ccc(C(=C)C4=CC4)cc3)C(=O)C2)cc1. The van der Waals surface area contributed by atoms with Crippen LogP contribution in [0, 0.1) is 0 Å². The minimum atomic E-state index is -1.13. The molecule has 0 saturated carbocycles. The van der Waals surface area contributed by atoms with E-state index < -0.39 is 12.0 Å². The summed E-state index contributed by atoms with van der Waals surface area (Å²) in [6.07, 6.45) is 8.12. The van der Waals surface area contributed by atoms with Crippen molar-refractivity contribution < 1.29 is 14.7 Å². The number of nitrogens with zero attached hydrogens (tertiary/aromatic N) is 1. The number of allylic oxidation sites excluding steroid dienone is 4. The van der Waals surface area contributed by atoms with E-state index in [4.69, 9.17) is 0 Å². The molecule has 2 N–H and O–H groups in total. The highest BCUT2D eigenvalue weighted by Crippen LogP contribution is 2.34. The lowest BCUT2D eigenvalue weighted by Gasteiger charge is -2.23. The largest absolute Gasteiger partial charge is 0.478 e. The van der Waals surface area contributed by atoms with E-state index in [-0.39, 0.29) is 23.7 Å². The summed E-state index contributed by atoms with van der Waals surface area (Å²) in [5, 5.41) is 12.7. The summed E-state index contributed by atoms with van der Waals surface area (Å²) in [4.78, 5) is 28.9. The monoisotopic (exact) mass is 424 g/mol. The van der Waals surface area contributed by atoms with E-state index in [0.717, 1.165) is 34.4 Å². The Hall–Kier alpha value is -3.99. The van der Waals surface area contributed by atoms with Crippen molar-refractivity contribution in [2.75, 3.05) is 5.32 Å². The number of aliphatic carboxylic acids is 1. The first-order valence-electron chi connectivity index (χ1n) is 10.4. The van der Waals surface area contributed by atoms with Gasteiger partial charge in [-0.2, -0.15) is 0 Å². The molecule has 2 aromatic carbocycles. The van der Waals surface area contributed by atoms with E-state index in [1.165, 1.54) is 11.9 Å². The Morgan fingerprint density at radius 1 is 1.12 bits per heavy atom. The third kappa shape index (κ3) is 4.67. The van der Waals surface area contributed by atoms with Gasteiger partial charge in [0.2, 0.25) is 0 Å². The van der Waals surface area contributed by atoms with Gasteiger partial charge >= 0.3 is 5.97 Å². The third-order valence-corrected chi connectivity index (χ3v) is 5.73. The molecule has 5 heteroatoms. The van der Waals surface area contributed by atoms with Gasteiger partial charge in [-0.3, -0.25) is 9.79 Å². The molecule has 2 aliphatic carbocycles. The Kier molecular flexibility index (Phi) is 5.99. The zero-order valence-corrected chi connectivity index (χ0v) is 17.6. The fourth-order valence-corrected chi connectivity index (χ4v) is 3.75. The summed E-state index contributed by atoms with van der Waals surface area (Å²) in [5.41, 5.74) is 6.01. The minimum Gasteiger partial charge on any atom is -0.478 e. The van der Waals surface area contributed by atoms with E-state index >= 15 is 0 Å². The predicted octanol–water partition coefficient (Wildman–Crippen LogP) is 5.25. The molecule has 0 heterocycles. The van der Waals surface area contributed by atoms with Gasteiger partial charge in [-0.25, -0.2) is 4.79 Å². The smallest absolute Gasteiger partial charge is 0.333 e. The first kappa shape index (κ1) is 21.2. The van der Waals surface area contributed by atoms with Gasteiger partial charge in [-0.05, 0) is 46.4 Å². The second kappa shape index (κ2) is 9.02. The number of carboxylic acid groups (broad SMARTS) is 1. The van der Waals surface area contributed by atoms with Crippen LogP contribution in [0.3, 0.4) is 0 Å². The molecular weight excluding hydrogens is 400 g/mol. The van der Waals surface area contributed by atoms with Gasteiger partial charge < -0.3 is 10.4 Å². The summed E-state index contributed by atoms with van der Waals surface area (Å²) in [6, 6.07) is 14.3. The first-order chi connectivity index (χ1) is 15.5. The average molecular weight is 425 g/mol. The highest BCUT2D eigenvalue weighted by Gasteiger charge is 2.34. The number of ketones is 1. The number of benzene rings is 2. The molecule has 0 spiro atoms. The highest BCUT2D eigenvalue weighted by atomic mass is 16.4. The van der Waals surface area contributed by atoms with Gasteiger partial charge in [0, 0.05) is 18.0 Å². The second-order valence-corrected chi connectivity index (χ2v) is 7.89. The standard InChI is InChI=1S/C27H24N2O3/c1-3-18-4-6-21(7-5-18)22-14-24(27(31)32)26(25(30)15-22)29-16-28-23-12-10-20(11-13-23)17(2)19-8-9-19/h3-8,10-14,16,22,26H,1-2,9,15H2,(H,28,29)(H,31,32). The molecule has 5 nitrogen and oxygen atoms in total.